The molecule has 2 fully saturated rings. The van der Waals surface area contributed by atoms with Crippen LogP contribution in [0.25, 0.3) is 0 Å². The largest absolute Gasteiger partial charge is 0.339 e. The molecule has 0 aliphatic heterocycles. The van der Waals surface area contributed by atoms with E-state index in [1.54, 1.807) is 0 Å². The van der Waals surface area contributed by atoms with Crippen molar-refractivity contribution >= 4 is 29.9 Å². The molecule has 0 aromatic heterocycles. The quantitative estimate of drug-likeness (QED) is 0.798. The van der Waals surface area contributed by atoms with Crippen molar-refractivity contribution in [2.75, 3.05) is 18.9 Å². The number of para-hydroxylation sites is 1. The van der Waals surface area contributed by atoms with Crippen molar-refractivity contribution in [3.05, 3.63) is 29.8 Å². The molecule has 2 aliphatic carbocycles. The predicted molar refractivity (Wildman–Crippen MR) is 111 cm³/mol. The van der Waals surface area contributed by atoms with E-state index in [-0.39, 0.29) is 36.1 Å². The molecule has 2 amide bonds. The first kappa shape index (κ1) is 21.7. The van der Waals surface area contributed by atoms with E-state index in [0.717, 1.165) is 32.1 Å². The highest BCUT2D eigenvalue weighted by Crippen LogP contribution is 2.32. The van der Waals surface area contributed by atoms with E-state index < -0.39 is 0 Å². The average molecular weight is 394 g/mol. The van der Waals surface area contributed by atoms with Gasteiger partial charge >= 0.3 is 0 Å². The minimum atomic E-state index is -0.0424. The lowest BCUT2D eigenvalue weighted by atomic mass is 9.94. The molecular formula is C21H32ClN3O2. The van der Waals surface area contributed by atoms with Crippen LogP contribution in [0.3, 0.4) is 0 Å². The van der Waals surface area contributed by atoms with E-state index in [1.807, 2.05) is 36.2 Å². The van der Waals surface area contributed by atoms with Crippen LogP contribution in [-0.2, 0) is 4.79 Å². The fraction of sp³-hybridized carbons (Fsp3) is 0.619. The molecule has 1 aromatic rings. The van der Waals surface area contributed by atoms with Gasteiger partial charge in [-0.2, -0.15) is 0 Å². The van der Waals surface area contributed by atoms with Crippen LogP contribution in [0.5, 0.6) is 0 Å². The van der Waals surface area contributed by atoms with Gasteiger partial charge in [-0.1, -0.05) is 37.8 Å². The van der Waals surface area contributed by atoms with Crippen LogP contribution in [0.4, 0.5) is 5.69 Å². The van der Waals surface area contributed by atoms with Gasteiger partial charge in [0, 0.05) is 19.0 Å². The van der Waals surface area contributed by atoms with Crippen molar-refractivity contribution in [3.63, 3.8) is 0 Å². The lowest BCUT2D eigenvalue weighted by Crippen LogP contribution is -2.39. The lowest BCUT2D eigenvalue weighted by Gasteiger charge is -2.31. The Morgan fingerprint density at radius 2 is 1.78 bits per heavy atom. The van der Waals surface area contributed by atoms with E-state index in [2.05, 4.69) is 5.32 Å². The molecular weight excluding hydrogens is 362 g/mol. The van der Waals surface area contributed by atoms with Gasteiger partial charge in [0.1, 0.15) is 0 Å². The SMILES string of the molecule is CN(C(=O)c1ccccc1NC(=O)[C@@H]1CCC[C@@H]1CN)C1CCCCC1.Cl. The van der Waals surface area contributed by atoms with E-state index in [4.69, 9.17) is 5.73 Å². The molecule has 2 aliphatic rings. The van der Waals surface area contributed by atoms with E-state index in [9.17, 15) is 9.59 Å². The Bertz CT molecular complexity index is 646. The molecule has 0 unspecified atom stereocenters. The van der Waals surface area contributed by atoms with Gasteiger partial charge in [0.2, 0.25) is 5.91 Å². The molecule has 150 valence electrons. The van der Waals surface area contributed by atoms with Crippen LogP contribution in [0.1, 0.15) is 61.7 Å². The van der Waals surface area contributed by atoms with Crippen LogP contribution in [0.2, 0.25) is 0 Å². The summed E-state index contributed by atoms with van der Waals surface area (Å²) in [5.74, 6) is 0.204. The molecule has 6 heteroatoms. The number of hydrogen-bond donors (Lipinski definition) is 2. The molecule has 2 saturated carbocycles. The van der Waals surface area contributed by atoms with Gasteiger partial charge in [0.05, 0.1) is 11.3 Å². The Labute approximate surface area is 168 Å². The number of carbonyl (C=O) groups is 2. The normalized spacial score (nSPS) is 22.7. The van der Waals surface area contributed by atoms with E-state index in [0.29, 0.717) is 23.8 Å². The van der Waals surface area contributed by atoms with Gasteiger partial charge in [-0.25, -0.2) is 0 Å². The molecule has 1 aromatic carbocycles. The third kappa shape index (κ3) is 5.02. The Kier molecular flexibility index (Phi) is 8.11. The summed E-state index contributed by atoms with van der Waals surface area (Å²) in [5, 5.41) is 3.01. The molecule has 0 radical (unpaired) electrons. The second-order valence-corrected chi connectivity index (χ2v) is 7.78. The Morgan fingerprint density at radius 1 is 1.07 bits per heavy atom. The number of benzene rings is 1. The number of amides is 2. The van der Waals surface area contributed by atoms with Crippen molar-refractivity contribution in [1.82, 2.24) is 4.90 Å². The monoisotopic (exact) mass is 393 g/mol. The third-order valence-corrected chi connectivity index (χ3v) is 6.16. The highest BCUT2D eigenvalue weighted by Gasteiger charge is 2.32. The van der Waals surface area contributed by atoms with Crippen LogP contribution < -0.4 is 11.1 Å². The van der Waals surface area contributed by atoms with Gasteiger partial charge in [-0.05, 0) is 50.3 Å². The first-order valence-electron chi connectivity index (χ1n) is 9.99. The summed E-state index contributed by atoms with van der Waals surface area (Å²) < 4.78 is 0. The standard InChI is InChI=1S/C21H31N3O2.ClH/c1-24(16-9-3-2-4-10-16)21(26)18-11-5-6-13-19(18)23-20(25)17-12-7-8-15(17)14-22;/h5-6,11,13,15-17H,2-4,7-10,12,14,22H2,1H3,(H,23,25);1H/t15-,17-;/m1./s1. The molecule has 3 N–H and O–H groups in total. The molecule has 3 rings (SSSR count). The minimum absolute atomic E-state index is 0. The van der Waals surface area contributed by atoms with Crippen molar-refractivity contribution in [3.8, 4) is 0 Å². The molecule has 0 heterocycles. The number of carbonyl (C=O) groups excluding carboxylic acids is 2. The van der Waals surface area contributed by atoms with Crippen molar-refractivity contribution < 1.29 is 9.59 Å². The summed E-state index contributed by atoms with van der Waals surface area (Å²) in [6.07, 6.45) is 8.70. The zero-order valence-electron chi connectivity index (χ0n) is 16.2. The highest BCUT2D eigenvalue weighted by molar-refractivity contribution is 6.04. The van der Waals surface area contributed by atoms with Crippen molar-refractivity contribution in [2.45, 2.75) is 57.4 Å². The summed E-state index contributed by atoms with van der Waals surface area (Å²) in [7, 11) is 1.89. The Balaban J connectivity index is 0.00000261. The van der Waals surface area contributed by atoms with Crippen molar-refractivity contribution in [2.24, 2.45) is 17.6 Å². The second-order valence-electron chi connectivity index (χ2n) is 7.78. The highest BCUT2D eigenvalue weighted by atomic mass is 35.5. The maximum absolute atomic E-state index is 13.0. The summed E-state index contributed by atoms with van der Waals surface area (Å²) in [6.45, 7) is 0.545. The maximum Gasteiger partial charge on any atom is 0.255 e. The molecule has 27 heavy (non-hydrogen) atoms. The maximum atomic E-state index is 13.0. The van der Waals surface area contributed by atoms with Crippen LogP contribution >= 0.6 is 12.4 Å². The van der Waals surface area contributed by atoms with E-state index >= 15 is 0 Å². The van der Waals surface area contributed by atoms with Crippen molar-refractivity contribution in [1.29, 1.82) is 0 Å². The number of anilines is 1. The van der Waals surface area contributed by atoms with Gasteiger partial charge < -0.3 is 16.0 Å². The third-order valence-electron chi connectivity index (χ3n) is 6.16. The first-order valence-corrected chi connectivity index (χ1v) is 9.99. The molecule has 0 spiro atoms. The lowest BCUT2D eigenvalue weighted by molar-refractivity contribution is -0.120. The first-order chi connectivity index (χ1) is 12.6. The van der Waals surface area contributed by atoms with Gasteiger partial charge in [0.15, 0.2) is 0 Å². The summed E-state index contributed by atoms with van der Waals surface area (Å²) in [5.41, 5.74) is 7.01. The fourth-order valence-corrected chi connectivity index (χ4v) is 4.49. The fourth-order valence-electron chi connectivity index (χ4n) is 4.49. The number of halogens is 1. The van der Waals surface area contributed by atoms with E-state index in [1.165, 1.54) is 19.3 Å². The smallest absolute Gasteiger partial charge is 0.255 e. The second kappa shape index (κ2) is 10.1. The minimum Gasteiger partial charge on any atom is -0.339 e. The zero-order valence-corrected chi connectivity index (χ0v) is 17.0. The number of rotatable bonds is 5. The topological polar surface area (TPSA) is 75.4 Å². The number of hydrogen-bond acceptors (Lipinski definition) is 3. The summed E-state index contributed by atoms with van der Waals surface area (Å²) in [6, 6.07) is 7.66. The molecule has 2 atom stereocenters. The average Bonchev–Trinajstić information content (AvgIpc) is 3.17. The predicted octanol–water partition coefficient (Wildman–Crippen LogP) is 3.83. The number of nitrogens with one attached hydrogen (secondary N) is 1. The van der Waals surface area contributed by atoms with Crippen LogP contribution in [0.15, 0.2) is 24.3 Å². The van der Waals surface area contributed by atoms with Crippen LogP contribution in [0, 0.1) is 11.8 Å². The Morgan fingerprint density at radius 3 is 2.48 bits per heavy atom. The molecule has 0 saturated heterocycles. The Hall–Kier alpha value is -1.59. The molecule has 5 nitrogen and oxygen atoms in total. The zero-order chi connectivity index (χ0) is 18.5. The number of nitrogens with two attached hydrogens (primary N) is 1. The van der Waals surface area contributed by atoms with Crippen LogP contribution in [-0.4, -0.2) is 36.3 Å². The number of nitrogens with zero attached hydrogens (tertiary/aromatic N) is 1. The summed E-state index contributed by atoms with van der Waals surface area (Å²) in [4.78, 5) is 27.6. The molecule has 0 bridgehead atoms. The summed E-state index contributed by atoms with van der Waals surface area (Å²) >= 11 is 0. The van der Waals surface area contributed by atoms with Gasteiger partial charge in [-0.15, -0.1) is 12.4 Å². The van der Waals surface area contributed by atoms with Gasteiger partial charge in [-0.3, -0.25) is 9.59 Å². The van der Waals surface area contributed by atoms with Gasteiger partial charge in [0.25, 0.3) is 5.91 Å².